The second kappa shape index (κ2) is 8.04. The summed E-state index contributed by atoms with van der Waals surface area (Å²) in [6, 6.07) is 10.5. The molecule has 6 nitrogen and oxygen atoms in total. The monoisotopic (exact) mass is 382 g/mol. The minimum absolute atomic E-state index is 0.248. The Kier molecular flexibility index (Phi) is 5.54. The molecule has 1 heterocycles. The maximum atomic E-state index is 13.1. The molecule has 28 heavy (non-hydrogen) atoms. The van der Waals surface area contributed by atoms with Crippen LogP contribution in [0.2, 0.25) is 0 Å². The van der Waals surface area contributed by atoms with Gasteiger partial charge in [0.2, 0.25) is 0 Å². The minimum atomic E-state index is -0.386. The SMILES string of the molecule is CCC(=O)Oc1ccc(/C=C2/C(=O)N(c3ccc(F)cc3)N=C2C)cc1OC. The maximum absolute atomic E-state index is 13.1. The van der Waals surface area contributed by atoms with Crippen LogP contribution in [0.4, 0.5) is 10.1 Å². The lowest BCUT2D eigenvalue weighted by Crippen LogP contribution is -2.21. The molecule has 1 aliphatic rings. The molecule has 1 amide bonds. The van der Waals surface area contributed by atoms with Gasteiger partial charge >= 0.3 is 5.97 Å². The van der Waals surface area contributed by atoms with E-state index in [0.29, 0.717) is 34.0 Å². The number of carbonyl (C=O) groups is 2. The van der Waals surface area contributed by atoms with Crippen LogP contribution in [-0.2, 0) is 9.59 Å². The van der Waals surface area contributed by atoms with Gasteiger partial charge in [0.25, 0.3) is 5.91 Å². The lowest BCUT2D eigenvalue weighted by atomic mass is 10.1. The number of hydrogen-bond donors (Lipinski definition) is 0. The highest BCUT2D eigenvalue weighted by atomic mass is 19.1. The molecule has 0 aliphatic carbocycles. The van der Waals surface area contributed by atoms with E-state index in [-0.39, 0.29) is 24.1 Å². The molecule has 2 aromatic rings. The molecule has 0 saturated carbocycles. The first kappa shape index (κ1) is 19.3. The number of ether oxygens (including phenoxy) is 2. The molecule has 2 aromatic carbocycles. The number of anilines is 1. The molecule has 0 aromatic heterocycles. The second-order valence-electron chi connectivity index (χ2n) is 6.07. The highest BCUT2D eigenvalue weighted by molar-refractivity contribution is 6.32. The van der Waals surface area contributed by atoms with Crippen molar-refractivity contribution in [2.45, 2.75) is 20.3 Å². The van der Waals surface area contributed by atoms with Crippen molar-refractivity contribution >= 4 is 29.4 Å². The van der Waals surface area contributed by atoms with Gasteiger partial charge in [-0.1, -0.05) is 13.0 Å². The molecule has 0 fully saturated rings. The summed E-state index contributed by atoms with van der Waals surface area (Å²) >= 11 is 0. The number of benzene rings is 2. The predicted molar refractivity (Wildman–Crippen MR) is 104 cm³/mol. The first-order valence-electron chi connectivity index (χ1n) is 8.69. The largest absolute Gasteiger partial charge is 0.493 e. The van der Waals surface area contributed by atoms with Crippen molar-refractivity contribution in [3.63, 3.8) is 0 Å². The van der Waals surface area contributed by atoms with E-state index in [1.807, 2.05) is 0 Å². The Hall–Kier alpha value is -3.48. The number of amides is 1. The fraction of sp³-hybridized carbons (Fsp3) is 0.190. The van der Waals surface area contributed by atoms with E-state index in [0.717, 1.165) is 0 Å². The average Bonchev–Trinajstić information content (AvgIpc) is 2.97. The molecule has 0 atom stereocenters. The highest BCUT2D eigenvalue weighted by Gasteiger charge is 2.28. The zero-order valence-corrected chi connectivity index (χ0v) is 15.7. The Morgan fingerprint density at radius 3 is 2.54 bits per heavy atom. The summed E-state index contributed by atoms with van der Waals surface area (Å²) in [7, 11) is 1.47. The molecule has 0 saturated heterocycles. The normalized spacial score (nSPS) is 15.0. The topological polar surface area (TPSA) is 68.2 Å². The number of rotatable bonds is 5. The van der Waals surface area contributed by atoms with E-state index in [1.54, 1.807) is 38.1 Å². The van der Waals surface area contributed by atoms with Crippen molar-refractivity contribution in [1.82, 2.24) is 0 Å². The predicted octanol–water partition coefficient (Wildman–Crippen LogP) is 3.96. The lowest BCUT2D eigenvalue weighted by Gasteiger charge is -2.11. The van der Waals surface area contributed by atoms with E-state index in [4.69, 9.17) is 9.47 Å². The highest BCUT2D eigenvalue weighted by Crippen LogP contribution is 2.31. The molecule has 0 unspecified atom stereocenters. The van der Waals surface area contributed by atoms with E-state index in [2.05, 4.69) is 5.10 Å². The van der Waals surface area contributed by atoms with Crippen molar-refractivity contribution in [2.75, 3.05) is 12.1 Å². The number of hydrogen-bond acceptors (Lipinski definition) is 5. The standard InChI is InChI=1S/C21H19FN2O4/c1-4-20(25)28-18-10-5-14(12-19(18)27-3)11-17-13(2)23-24(21(17)26)16-8-6-15(22)7-9-16/h5-12H,4H2,1-3H3/b17-11+. The summed E-state index contributed by atoms with van der Waals surface area (Å²) in [6.45, 7) is 3.43. The van der Waals surface area contributed by atoms with Crippen molar-refractivity contribution in [3.8, 4) is 11.5 Å². The van der Waals surface area contributed by atoms with Gasteiger partial charge in [-0.15, -0.1) is 0 Å². The average molecular weight is 382 g/mol. The van der Waals surface area contributed by atoms with E-state index in [9.17, 15) is 14.0 Å². The molecule has 7 heteroatoms. The lowest BCUT2D eigenvalue weighted by molar-refractivity contribution is -0.134. The summed E-state index contributed by atoms with van der Waals surface area (Å²) in [4.78, 5) is 24.3. The number of nitrogens with zero attached hydrogens (tertiary/aromatic N) is 2. The molecule has 144 valence electrons. The van der Waals surface area contributed by atoms with Gasteiger partial charge in [0.05, 0.1) is 24.1 Å². The van der Waals surface area contributed by atoms with Crippen LogP contribution in [-0.4, -0.2) is 24.7 Å². The maximum Gasteiger partial charge on any atom is 0.311 e. The summed E-state index contributed by atoms with van der Waals surface area (Å²) in [6.07, 6.45) is 1.93. The van der Waals surface area contributed by atoms with Gasteiger partial charge in [-0.05, 0) is 55.0 Å². The molecule has 3 rings (SSSR count). The Morgan fingerprint density at radius 1 is 1.18 bits per heavy atom. The quantitative estimate of drug-likeness (QED) is 0.446. The fourth-order valence-electron chi connectivity index (χ4n) is 2.66. The third-order valence-electron chi connectivity index (χ3n) is 4.14. The molecule has 0 bridgehead atoms. The van der Waals surface area contributed by atoms with Crippen molar-refractivity contribution in [1.29, 1.82) is 0 Å². The van der Waals surface area contributed by atoms with Crippen LogP contribution in [0.15, 0.2) is 53.1 Å². The van der Waals surface area contributed by atoms with E-state index >= 15 is 0 Å². The van der Waals surface area contributed by atoms with Crippen molar-refractivity contribution in [3.05, 3.63) is 59.4 Å². The van der Waals surface area contributed by atoms with Crippen molar-refractivity contribution in [2.24, 2.45) is 5.10 Å². The van der Waals surface area contributed by atoms with Gasteiger partial charge in [-0.25, -0.2) is 4.39 Å². The smallest absolute Gasteiger partial charge is 0.311 e. The van der Waals surface area contributed by atoms with E-state index in [1.165, 1.54) is 36.4 Å². The first-order valence-corrected chi connectivity index (χ1v) is 8.69. The summed E-state index contributed by atoms with van der Waals surface area (Å²) < 4.78 is 23.6. The van der Waals surface area contributed by atoms with Crippen molar-refractivity contribution < 1.29 is 23.5 Å². The van der Waals surface area contributed by atoms with Crippen LogP contribution in [0.1, 0.15) is 25.8 Å². The first-order chi connectivity index (χ1) is 13.4. The third kappa shape index (κ3) is 3.93. The fourth-order valence-corrected chi connectivity index (χ4v) is 2.66. The Morgan fingerprint density at radius 2 is 1.89 bits per heavy atom. The van der Waals surface area contributed by atoms with Gasteiger partial charge in [0, 0.05) is 6.42 Å². The summed E-state index contributed by atoms with van der Waals surface area (Å²) in [5, 5.41) is 5.50. The minimum Gasteiger partial charge on any atom is -0.493 e. The number of carbonyl (C=O) groups excluding carboxylic acids is 2. The number of halogens is 1. The Labute approximate surface area is 161 Å². The number of esters is 1. The van der Waals surface area contributed by atoms with Crippen LogP contribution in [0, 0.1) is 5.82 Å². The third-order valence-corrected chi connectivity index (χ3v) is 4.14. The Bertz CT molecular complexity index is 980. The van der Waals surface area contributed by atoms with Crippen LogP contribution in [0.3, 0.4) is 0 Å². The Balaban J connectivity index is 1.89. The summed E-state index contributed by atoms with van der Waals surface area (Å²) in [5.41, 5.74) is 2.11. The molecule has 0 N–H and O–H groups in total. The van der Waals surface area contributed by atoms with Crippen LogP contribution < -0.4 is 14.5 Å². The van der Waals surface area contributed by atoms with Gasteiger partial charge in [-0.3, -0.25) is 9.59 Å². The second-order valence-corrected chi connectivity index (χ2v) is 6.07. The van der Waals surface area contributed by atoms with Gasteiger partial charge in [0.15, 0.2) is 11.5 Å². The molecular weight excluding hydrogens is 363 g/mol. The summed E-state index contributed by atoms with van der Waals surface area (Å²) in [5.74, 6) is -0.375. The van der Waals surface area contributed by atoms with Crippen LogP contribution in [0.25, 0.3) is 6.08 Å². The number of hydrazone groups is 1. The van der Waals surface area contributed by atoms with E-state index < -0.39 is 0 Å². The van der Waals surface area contributed by atoms with Gasteiger partial charge < -0.3 is 9.47 Å². The zero-order chi connectivity index (χ0) is 20.3. The van der Waals surface area contributed by atoms with Gasteiger partial charge in [-0.2, -0.15) is 10.1 Å². The molecular formula is C21H19FN2O4. The van der Waals surface area contributed by atoms with Crippen LogP contribution in [0.5, 0.6) is 11.5 Å². The van der Waals surface area contributed by atoms with Gasteiger partial charge in [0.1, 0.15) is 5.82 Å². The van der Waals surface area contributed by atoms with Crippen LogP contribution >= 0.6 is 0 Å². The molecule has 0 spiro atoms. The number of methoxy groups -OCH3 is 1. The zero-order valence-electron chi connectivity index (χ0n) is 15.7. The molecule has 1 aliphatic heterocycles. The molecule has 0 radical (unpaired) electrons.